The standard InChI is InChI=1S/C18H21N7O.2ClH/c1-23-16-14(11-22-23)17(21-12-20-16)24-7-9-25(10-8-24)18(26)15(19)13-5-3-2-4-6-13;;/h2-6,11-12,15H,7-10,19H2,1H3;2*1H. The lowest BCUT2D eigenvalue weighted by Crippen LogP contribution is -2.51. The maximum absolute atomic E-state index is 12.7. The van der Waals surface area contributed by atoms with Gasteiger partial charge in [-0.25, -0.2) is 9.97 Å². The van der Waals surface area contributed by atoms with Gasteiger partial charge in [-0.1, -0.05) is 30.3 Å². The number of amides is 1. The first-order valence-electron chi connectivity index (χ1n) is 8.62. The van der Waals surface area contributed by atoms with Crippen LogP contribution in [0.2, 0.25) is 0 Å². The number of rotatable bonds is 3. The highest BCUT2D eigenvalue weighted by Gasteiger charge is 2.27. The summed E-state index contributed by atoms with van der Waals surface area (Å²) in [5, 5.41) is 5.18. The van der Waals surface area contributed by atoms with Gasteiger partial charge in [0.05, 0.1) is 11.6 Å². The quantitative estimate of drug-likeness (QED) is 0.686. The van der Waals surface area contributed by atoms with Crippen LogP contribution in [-0.2, 0) is 11.8 Å². The van der Waals surface area contributed by atoms with Crippen molar-refractivity contribution >= 4 is 47.6 Å². The molecule has 1 aliphatic rings. The van der Waals surface area contributed by atoms with Crippen LogP contribution >= 0.6 is 24.8 Å². The number of piperazine rings is 1. The number of carbonyl (C=O) groups is 1. The lowest BCUT2D eigenvalue weighted by atomic mass is 10.1. The molecule has 1 atom stereocenters. The molecule has 0 bridgehead atoms. The second-order valence-electron chi connectivity index (χ2n) is 6.40. The summed E-state index contributed by atoms with van der Waals surface area (Å²) in [5.41, 5.74) is 7.80. The molecule has 0 aliphatic carbocycles. The van der Waals surface area contributed by atoms with Gasteiger partial charge in [0.15, 0.2) is 5.65 Å². The number of anilines is 1. The summed E-state index contributed by atoms with van der Waals surface area (Å²) in [5.74, 6) is 0.826. The third-order valence-corrected chi connectivity index (χ3v) is 4.82. The molecule has 1 aromatic carbocycles. The summed E-state index contributed by atoms with van der Waals surface area (Å²) in [6.45, 7) is 2.64. The largest absolute Gasteiger partial charge is 0.352 e. The van der Waals surface area contributed by atoms with E-state index in [-0.39, 0.29) is 30.7 Å². The number of nitrogens with zero attached hydrogens (tertiary/aromatic N) is 6. The zero-order chi connectivity index (χ0) is 18.1. The predicted molar refractivity (Wildman–Crippen MR) is 113 cm³/mol. The summed E-state index contributed by atoms with van der Waals surface area (Å²) >= 11 is 0. The highest BCUT2D eigenvalue weighted by molar-refractivity contribution is 5.87. The van der Waals surface area contributed by atoms with Gasteiger partial charge in [-0.2, -0.15) is 5.10 Å². The highest BCUT2D eigenvalue weighted by Crippen LogP contribution is 2.23. The third kappa shape index (κ3) is 4.04. The van der Waals surface area contributed by atoms with Gasteiger partial charge in [0.25, 0.3) is 0 Å². The number of hydrogen-bond donors (Lipinski definition) is 1. The molecule has 1 unspecified atom stereocenters. The number of aryl methyl sites for hydroxylation is 1. The van der Waals surface area contributed by atoms with E-state index in [0.717, 1.165) is 22.4 Å². The van der Waals surface area contributed by atoms with Crippen LogP contribution in [-0.4, -0.2) is 56.7 Å². The lowest BCUT2D eigenvalue weighted by molar-refractivity contribution is -0.133. The van der Waals surface area contributed by atoms with Crippen molar-refractivity contribution in [3.8, 4) is 0 Å². The Kier molecular flexibility index (Phi) is 7.17. The molecule has 1 fully saturated rings. The van der Waals surface area contributed by atoms with Crippen LogP contribution in [0.1, 0.15) is 11.6 Å². The first kappa shape index (κ1) is 21.9. The summed E-state index contributed by atoms with van der Waals surface area (Å²) in [4.78, 5) is 25.4. The van der Waals surface area contributed by atoms with Crippen LogP contribution in [0.3, 0.4) is 0 Å². The Morgan fingerprint density at radius 2 is 1.75 bits per heavy atom. The number of nitrogens with two attached hydrogens (primary N) is 1. The van der Waals surface area contributed by atoms with Crippen molar-refractivity contribution in [2.75, 3.05) is 31.1 Å². The number of hydrogen-bond acceptors (Lipinski definition) is 6. The Morgan fingerprint density at radius 1 is 1.07 bits per heavy atom. The Hall–Kier alpha value is -2.42. The van der Waals surface area contributed by atoms with Gasteiger partial charge in [-0.15, -0.1) is 24.8 Å². The molecule has 0 spiro atoms. The van der Waals surface area contributed by atoms with Crippen LogP contribution in [0.4, 0.5) is 5.82 Å². The van der Waals surface area contributed by atoms with Crippen molar-refractivity contribution < 1.29 is 4.79 Å². The van der Waals surface area contributed by atoms with Crippen molar-refractivity contribution in [1.29, 1.82) is 0 Å². The molecule has 0 saturated carbocycles. The molecular weight excluding hydrogens is 401 g/mol. The van der Waals surface area contributed by atoms with Crippen molar-refractivity contribution in [2.45, 2.75) is 6.04 Å². The molecule has 3 aromatic rings. The van der Waals surface area contributed by atoms with Gasteiger partial charge >= 0.3 is 0 Å². The molecule has 1 aliphatic heterocycles. The molecule has 150 valence electrons. The van der Waals surface area contributed by atoms with E-state index in [1.165, 1.54) is 0 Å². The number of aromatic nitrogens is 4. The minimum Gasteiger partial charge on any atom is -0.352 e. The fraction of sp³-hybridized carbons (Fsp3) is 0.333. The maximum atomic E-state index is 12.7. The highest BCUT2D eigenvalue weighted by atomic mass is 35.5. The molecule has 10 heteroatoms. The van der Waals surface area contributed by atoms with Crippen molar-refractivity contribution in [1.82, 2.24) is 24.6 Å². The second kappa shape index (κ2) is 9.18. The fourth-order valence-electron chi connectivity index (χ4n) is 3.34. The Bertz CT molecular complexity index is 926. The molecule has 3 heterocycles. The predicted octanol–water partition coefficient (Wildman–Crippen LogP) is 1.56. The van der Waals surface area contributed by atoms with Crippen LogP contribution in [0.5, 0.6) is 0 Å². The van der Waals surface area contributed by atoms with Crippen molar-refractivity contribution in [3.05, 3.63) is 48.4 Å². The lowest BCUT2D eigenvalue weighted by Gasteiger charge is -2.36. The van der Waals surface area contributed by atoms with Gasteiger partial charge < -0.3 is 15.5 Å². The van der Waals surface area contributed by atoms with Gasteiger partial charge in [0.2, 0.25) is 5.91 Å². The normalized spacial score (nSPS) is 14.9. The van der Waals surface area contributed by atoms with Crippen LogP contribution < -0.4 is 10.6 Å². The zero-order valence-electron chi connectivity index (χ0n) is 15.4. The molecule has 1 saturated heterocycles. The van der Waals surface area contributed by atoms with Gasteiger partial charge in [-0.05, 0) is 5.56 Å². The number of carbonyl (C=O) groups excluding carboxylic acids is 1. The molecule has 0 radical (unpaired) electrons. The molecule has 2 N–H and O–H groups in total. The van der Waals surface area contributed by atoms with Gasteiger partial charge in [-0.3, -0.25) is 9.48 Å². The Morgan fingerprint density at radius 3 is 2.43 bits per heavy atom. The maximum Gasteiger partial charge on any atom is 0.244 e. The molecule has 28 heavy (non-hydrogen) atoms. The number of benzene rings is 1. The summed E-state index contributed by atoms with van der Waals surface area (Å²) in [6.07, 6.45) is 3.34. The Labute approximate surface area is 175 Å². The molecule has 4 rings (SSSR count). The van der Waals surface area contributed by atoms with Crippen LogP contribution in [0, 0.1) is 0 Å². The second-order valence-corrected chi connectivity index (χ2v) is 6.40. The summed E-state index contributed by atoms with van der Waals surface area (Å²) < 4.78 is 1.74. The van der Waals surface area contributed by atoms with E-state index in [9.17, 15) is 4.79 Å². The zero-order valence-corrected chi connectivity index (χ0v) is 17.1. The topological polar surface area (TPSA) is 93.2 Å². The van der Waals surface area contributed by atoms with E-state index in [4.69, 9.17) is 5.73 Å². The summed E-state index contributed by atoms with van der Waals surface area (Å²) in [7, 11) is 1.86. The van der Waals surface area contributed by atoms with E-state index in [2.05, 4.69) is 20.0 Å². The Balaban J connectivity index is 0.00000140. The third-order valence-electron chi connectivity index (χ3n) is 4.82. The van der Waals surface area contributed by atoms with Crippen molar-refractivity contribution in [3.63, 3.8) is 0 Å². The van der Waals surface area contributed by atoms with E-state index >= 15 is 0 Å². The van der Waals surface area contributed by atoms with Gasteiger partial charge in [0, 0.05) is 33.2 Å². The van der Waals surface area contributed by atoms with E-state index in [0.29, 0.717) is 26.2 Å². The number of fused-ring (bicyclic) bond motifs is 1. The fourth-order valence-corrected chi connectivity index (χ4v) is 3.34. The molecule has 8 nitrogen and oxygen atoms in total. The van der Waals surface area contributed by atoms with E-state index < -0.39 is 6.04 Å². The minimum absolute atomic E-state index is 0. The SMILES string of the molecule is Cl.Cl.Cn1ncc2c(N3CCN(C(=O)C(N)c4ccccc4)CC3)ncnc21. The van der Waals surface area contributed by atoms with E-state index in [1.807, 2.05) is 42.3 Å². The van der Waals surface area contributed by atoms with Crippen molar-refractivity contribution in [2.24, 2.45) is 12.8 Å². The molecule has 2 aromatic heterocycles. The van der Waals surface area contributed by atoms with Crippen LogP contribution in [0.15, 0.2) is 42.9 Å². The monoisotopic (exact) mass is 423 g/mol. The molecular formula is C18H23Cl2N7O. The average molecular weight is 424 g/mol. The van der Waals surface area contributed by atoms with Crippen LogP contribution in [0.25, 0.3) is 11.0 Å². The van der Waals surface area contributed by atoms with Gasteiger partial charge in [0.1, 0.15) is 18.2 Å². The smallest absolute Gasteiger partial charge is 0.244 e. The minimum atomic E-state index is -0.619. The first-order valence-corrected chi connectivity index (χ1v) is 8.62. The summed E-state index contributed by atoms with van der Waals surface area (Å²) in [6, 6.07) is 8.87. The molecule has 1 amide bonds. The average Bonchev–Trinajstić information content (AvgIpc) is 3.09. The first-order chi connectivity index (χ1) is 12.6. The number of halogens is 2. The van der Waals surface area contributed by atoms with E-state index in [1.54, 1.807) is 17.2 Å².